The largest absolute Gasteiger partial charge is 0.339 e. The van der Waals surface area contributed by atoms with Gasteiger partial charge in [-0.05, 0) is 49.2 Å². The molecule has 5 nitrogen and oxygen atoms in total. The highest BCUT2D eigenvalue weighted by Gasteiger charge is 2.20. The molecule has 0 radical (unpaired) electrons. The summed E-state index contributed by atoms with van der Waals surface area (Å²) in [6.07, 6.45) is 5.75. The van der Waals surface area contributed by atoms with Crippen LogP contribution in [-0.4, -0.2) is 33.4 Å². The second-order valence-corrected chi connectivity index (χ2v) is 5.98. The Morgan fingerprint density at radius 2 is 1.88 bits per heavy atom. The molecule has 0 N–H and O–H groups in total. The van der Waals surface area contributed by atoms with Crippen LogP contribution in [0.3, 0.4) is 0 Å². The second kappa shape index (κ2) is 5.82. The normalized spacial score (nSPS) is 14.0. The van der Waals surface area contributed by atoms with E-state index >= 15 is 0 Å². The molecule has 2 aromatic heterocycles. The first-order valence-corrected chi connectivity index (χ1v) is 8.03. The fourth-order valence-electron chi connectivity index (χ4n) is 3.15. The van der Waals surface area contributed by atoms with Gasteiger partial charge in [-0.25, -0.2) is 4.98 Å². The Bertz CT molecular complexity index is 944. The number of pyridine rings is 1. The summed E-state index contributed by atoms with van der Waals surface area (Å²) in [6, 6.07) is 13.3. The van der Waals surface area contributed by atoms with Crippen molar-refractivity contribution in [2.24, 2.45) is 0 Å². The third kappa shape index (κ3) is 2.42. The van der Waals surface area contributed by atoms with Crippen LogP contribution in [0.1, 0.15) is 28.8 Å². The Kier molecular flexibility index (Phi) is 3.51. The number of rotatable bonds is 2. The summed E-state index contributed by atoms with van der Waals surface area (Å²) in [7, 11) is 0. The SMILES string of the molecule is N#Cc1ccc(-n2ccc3cc(C(=O)N4CCCC4)cnc32)cc1. The molecule has 0 saturated carbocycles. The van der Waals surface area contributed by atoms with Gasteiger partial charge >= 0.3 is 0 Å². The van der Waals surface area contributed by atoms with Crippen LogP contribution in [0, 0.1) is 11.3 Å². The van der Waals surface area contributed by atoms with E-state index in [4.69, 9.17) is 5.26 Å². The molecule has 1 fully saturated rings. The van der Waals surface area contributed by atoms with Gasteiger partial charge in [0.25, 0.3) is 5.91 Å². The highest BCUT2D eigenvalue weighted by molar-refractivity contribution is 5.97. The number of nitriles is 1. The lowest BCUT2D eigenvalue weighted by atomic mass is 10.2. The number of carbonyl (C=O) groups excluding carboxylic acids is 1. The maximum absolute atomic E-state index is 12.5. The monoisotopic (exact) mass is 316 g/mol. The van der Waals surface area contributed by atoms with Crippen molar-refractivity contribution in [3.05, 3.63) is 59.9 Å². The van der Waals surface area contributed by atoms with Crippen LogP contribution >= 0.6 is 0 Å². The van der Waals surface area contributed by atoms with Crippen molar-refractivity contribution in [1.29, 1.82) is 5.26 Å². The van der Waals surface area contributed by atoms with Crippen LogP contribution < -0.4 is 0 Å². The molecule has 1 amide bonds. The fraction of sp³-hybridized carbons (Fsp3) is 0.211. The van der Waals surface area contributed by atoms with Gasteiger partial charge in [0.1, 0.15) is 5.65 Å². The average Bonchev–Trinajstić information content (AvgIpc) is 3.30. The van der Waals surface area contributed by atoms with Gasteiger partial charge in [-0.3, -0.25) is 4.79 Å². The van der Waals surface area contributed by atoms with Crippen molar-refractivity contribution in [2.75, 3.05) is 13.1 Å². The van der Waals surface area contributed by atoms with E-state index in [1.165, 1.54) is 0 Å². The Balaban J connectivity index is 1.70. The minimum atomic E-state index is 0.0630. The molecule has 1 aromatic carbocycles. The first kappa shape index (κ1) is 14.5. The van der Waals surface area contributed by atoms with Crippen molar-refractivity contribution in [3.63, 3.8) is 0 Å². The van der Waals surface area contributed by atoms with Gasteiger partial charge in [0.05, 0.1) is 17.2 Å². The number of benzene rings is 1. The van der Waals surface area contributed by atoms with E-state index in [1.807, 2.05) is 39.9 Å². The van der Waals surface area contributed by atoms with Gasteiger partial charge in [0, 0.05) is 36.6 Å². The van der Waals surface area contributed by atoms with E-state index in [-0.39, 0.29) is 5.91 Å². The lowest BCUT2D eigenvalue weighted by Gasteiger charge is -2.15. The van der Waals surface area contributed by atoms with Crippen molar-refractivity contribution in [3.8, 4) is 11.8 Å². The van der Waals surface area contributed by atoms with Crippen LogP contribution in [0.4, 0.5) is 0 Å². The Morgan fingerprint density at radius 1 is 1.12 bits per heavy atom. The summed E-state index contributed by atoms with van der Waals surface area (Å²) in [6.45, 7) is 1.67. The number of nitrogens with zero attached hydrogens (tertiary/aromatic N) is 4. The quantitative estimate of drug-likeness (QED) is 0.729. The number of amides is 1. The zero-order chi connectivity index (χ0) is 16.5. The Morgan fingerprint density at radius 3 is 2.58 bits per heavy atom. The van der Waals surface area contributed by atoms with Gasteiger partial charge in [0.2, 0.25) is 0 Å². The first-order valence-electron chi connectivity index (χ1n) is 8.03. The number of fused-ring (bicyclic) bond motifs is 1. The fourth-order valence-corrected chi connectivity index (χ4v) is 3.15. The smallest absolute Gasteiger partial charge is 0.255 e. The Labute approximate surface area is 139 Å². The number of carbonyl (C=O) groups is 1. The lowest BCUT2D eigenvalue weighted by molar-refractivity contribution is 0.0792. The van der Waals surface area contributed by atoms with Crippen LogP contribution in [0.2, 0.25) is 0 Å². The summed E-state index contributed by atoms with van der Waals surface area (Å²) in [5, 5.41) is 9.83. The zero-order valence-electron chi connectivity index (χ0n) is 13.1. The molecule has 3 aromatic rings. The van der Waals surface area contributed by atoms with E-state index in [1.54, 1.807) is 18.3 Å². The topological polar surface area (TPSA) is 61.9 Å². The van der Waals surface area contributed by atoms with Crippen LogP contribution in [0.25, 0.3) is 16.7 Å². The highest BCUT2D eigenvalue weighted by Crippen LogP contribution is 2.21. The lowest BCUT2D eigenvalue weighted by Crippen LogP contribution is -2.27. The average molecular weight is 316 g/mol. The summed E-state index contributed by atoms with van der Waals surface area (Å²) in [5.74, 6) is 0.0630. The second-order valence-electron chi connectivity index (χ2n) is 5.98. The van der Waals surface area contributed by atoms with Crippen molar-refractivity contribution in [2.45, 2.75) is 12.8 Å². The standard InChI is InChI=1S/C19H16N4O/c20-12-14-3-5-17(6-4-14)23-10-7-15-11-16(13-21-18(15)23)19(24)22-8-1-2-9-22/h3-7,10-11,13H,1-2,8-9H2. The predicted octanol–water partition coefficient (Wildman–Crippen LogP) is 3.13. The molecule has 1 aliphatic rings. The third-order valence-corrected chi connectivity index (χ3v) is 4.44. The minimum Gasteiger partial charge on any atom is -0.339 e. The van der Waals surface area contributed by atoms with Gasteiger partial charge in [0.15, 0.2) is 0 Å². The molecular formula is C19H16N4O. The molecule has 118 valence electrons. The van der Waals surface area contributed by atoms with Crippen molar-refractivity contribution in [1.82, 2.24) is 14.5 Å². The molecule has 1 aliphatic heterocycles. The number of likely N-dealkylation sites (tertiary alicyclic amines) is 1. The number of hydrogen-bond acceptors (Lipinski definition) is 3. The number of hydrogen-bond donors (Lipinski definition) is 0. The third-order valence-electron chi connectivity index (χ3n) is 4.44. The van der Waals surface area contributed by atoms with Gasteiger partial charge in [-0.2, -0.15) is 5.26 Å². The van der Waals surface area contributed by atoms with Crippen LogP contribution in [-0.2, 0) is 0 Å². The molecule has 3 heterocycles. The minimum absolute atomic E-state index is 0.0630. The van der Waals surface area contributed by atoms with Crippen LogP contribution in [0.5, 0.6) is 0 Å². The maximum Gasteiger partial charge on any atom is 0.255 e. The van der Waals surface area contributed by atoms with Crippen molar-refractivity contribution >= 4 is 16.9 Å². The van der Waals surface area contributed by atoms with E-state index in [2.05, 4.69) is 11.1 Å². The molecule has 0 spiro atoms. The number of aromatic nitrogens is 2. The highest BCUT2D eigenvalue weighted by atomic mass is 16.2. The van der Waals surface area contributed by atoms with Gasteiger partial charge in [-0.1, -0.05) is 0 Å². The Hall–Kier alpha value is -3.13. The van der Waals surface area contributed by atoms with E-state index in [0.717, 1.165) is 42.7 Å². The summed E-state index contributed by atoms with van der Waals surface area (Å²) >= 11 is 0. The molecule has 4 rings (SSSR count). The molecule has 0 atom stereocenters. The summed E-state index contributed by atoms with van der Waals surface area (Å²) in [4.78, 5) is 18.9. The van der Waals surface area contributed by atoms with E-state index < -0.39 is 0 Å². The molecule has 24 heavy (non-hydrogen) atoms. The van der Waals surface area contributed by atoms with Crippen LogP contribution in [0.15, 0.2) is 48.8 Å². The molecule has 1 saturated heterocycles. The predicted molar refractivity (Wildman–Crippen MR) is 90.9 cm³/mol. The molecule has 5 heteroatoms. The zero-order valence-corrected chi connectivity index (χ0v) is 13.1. The van der Waals surface area contributed by atoms with Gasteiger partial charge in [-0.15, -0.1) is 0 Å². The van der Waals surface area contributed by atoms with Gasteiger partial charge < -0.3 is 9.47 Å². The van der Waals surface area contributed by atoms with E-state index in [9.17, 15) is 4.79 Å². The first-order chi connectivity index (χ1) is 11.8. The van der Waals surface area contributed by atoms with E-state index in [0.29, 0.717) is 11.1 Å². The summed E-state index contributed by atoms with van der Waals surface area (Å²) in [5.41, 5.74) is 3.01. The summed E-state index contributed by atoms with van der Waals surface area (Å²) < 4.78 is 1.96. The van der Waals surface area contributed by atoms with Crippen molar-refractivity contribution < 1.29 is 4.79 Å². The molecule has 0 unspecified atom stereocenters. The molecule has 0 bridgehead atoms. The molecule has 0 aliphatic carbocycles. The maximum atomic E-state index is 12.5. The molecular weight excluding hydrogens is 300 g/mol.